The lowest BCUT2D eigenvalue weighted by Crippen LogP contribution is -2.37. The van der Waals surface area contributed by atoms with Gasteiger partial charge in [-0.15, -0.1) is 0 Å². The van der Waals surface area contributed by atoms with Gasteiger partial charge in [0.15, 0.2) is 0 Å². The molecule has 0 N–H and O–H groups in total. The van der Waals surface area contributed by atoms with Gasteiger partial charge in [-0.1, -0.05) is 33.8 Å². The van der Waals surface area contributed by atoms with E-state index in [9.17, 15) is 9.59 Å². The maximum absolute atomic E-state index is 12.5. The molecule has 1 aliphatic rings. The lowest BCUT2D eigenvalue weighted by atomic mass is 9.68. The number of allylic oxidation sites excluding steroid dienone is 1. The molecule has 18 heavy (non-hydrogen) atoms. The van der Waals surface area contributed by atoms with Gasteiger partial charge in [-0.25, -0.2) is 0 Å². The van der Waals surface area contributed by atoms with Crippen molar-refractivity contribution in [3.63, 3.8) is 0 Å². The van der Waals surface area contributed by atoms with Crippen molar-refractivity contribution in [2.45, 2.75) is 59.5 Å². The third kappa shape index (κ3) is 3.69. The van der Waals surface area contributed by atoms with Crippen LogP contribution in [-0.2, 0) is 14.3 Å². The summed E-state index contributed by atoms with van der Waals surface area (Å²) in [4.78, 5) is 22.8. The molecule has 1 rings (SSSR count). The average molecular weight is 252 g/mol. The van der Waals surface area contributed by atoms with E-state index in [-0.39, 0.29) is 16.9 Å². The van der Waals surface area contributed by atoms with Crippen LogP contribution in [0.4, 0.5) is 0 Å². The van der Waals surface area contributed by atoms with Gasteiger partial charge in [0, 0.05) is 10.8 Å². The third-order valence-electron chi connectivity index (χ3n) is 3.60. The van der Waals surface area contributed by atoms with E-state index in [0.29, 0.717) is 12.3 Å². The maximum atomic E-state index is 12.5. The minimum absolute atomic E-state index is 0.128. The monoisotopic (exact) mass is 252 g/mol. The summed E-state index contributed by atoms with van der Waals surface area (Å²) in [5, 5.41) is 0. The zero-order valence-corrected chi connectivity index (χ0v) is 11.9. The van der Waals surface area contributed by atoms with Crippen LogP contribution in [0.5, 0.6) is 0 Å². The fraction of sp³-hybridized carbons (Fsp3) is 0.733. The van der Waals surface area contributed by atoms with Gasteiger partial charge in [0.25, 0.3) is 6.47 Å². The van der Waals surface area contributed by atoms with Crippen molar-refractivity contribution in [2.24, 2.45) is 10.8 Å². The Balaban J connectivity index is 2.78. The molecular weight excluding hydrogens is 228 g/mol. The van der Waals surface area contributed by atoms with Crippen molar-refractivity contribution in [3.8, 4) is 0 Å². The van der Waals surface area contributed by atoms with Crippen LogP contribution >= 0.6 is 0 Å². The van der Waals surface area contributed by atoms with E-state index < -0.39 is 0 Å². The van der Waals surface area contributed by atoms with E-state index in [4.69, 9.17) is 4.74 Å². The summed E-state index contributed by atoms with van der Waals surface area (Å²) in [6, 6.07) is 0. The van der Waals surface area contributed by atoms with Gasteiger partial charge in [0.05, 0.1) is 0 Å². The van der Waals surface area contributed by atoms with Crippen LogP contribution in [0.2, 0.25) is 0 Å². The second-order valence-electron chi connectivity index (χ2n) is 6.44. The third-order valence-corrected chi connectivity index (χ3v) is 3.60. The van der Waals surface area contributed by atoms with Gasteiger partial charge in [-0.05, 0) is 31.8 Å². The molecule has 0 saturated heterocycles. The summed E-state index contributed by atoms with van der Waals surface area (Å²) < 4.78 is 4.96. The second-order valence-corrected chi connectivity index (χ2v) is 6.44. The second kappa shape index (κ2) is 5.68. The lowest BCUT2D eigenvalue weighted by molar-refractivity contribution is -0.137. The van der Waals surface area contributed by atoms with Gasteiger partial charge in [-0.3, -0.25) is 9.59 Å². The Labute approximate surface area is 110 Å². The zero-order chi connectivity index (χ0) is 13.8. The molecule has 0 fully saturated rings. The first-order valence-corrected chi connectivity index (χ1v) is 6.60. The van der Waals surface area contributed by atoms with E-state index in [1.54, 1.807) is 0 Å². The number of ketones is 1. The first kappa shape index (κ1) is 14.9. The highest BCUT2D eigenvalue weighted by molar-refractivity contribution is 5.89. The number of hydrogen-bond acceptors (Lipinski definition) is 3. The highest BCUT2D eigenvalue weighted by Crippen LogP contribution is 2.38. The first-order chi connectivity index (χ1) is 8.29. The minimum Gasteiger partial charge on any atom is -0.460 e. The van der Waals surface area contributed by atoms with Crippen LogP contribution in [0.1, 0.15) is 53.4 Å². The quantitative estimate of drug-likeness (QED) is 0.572. The molecule has 0 aromatic heterocycles. The maximum Gasteiger partial charge on any atom is 0.293 e. The molecule has 0 spiro atoms. The molecule has 0 amide bonds. The summed E-state index contributed by atoms with van der Waals surface area (Å²) in [6.45, 7) is 8.46. The highest BCUT2D eigenvalue weighted by Gasteiger charge is 2.39. The lowest BCUT2D eigenvalue weighted by Gasteiger charge is -2.34. The first-order valence-electron chi connectivity index (χ1n) is 6.60. The summed E-state index contributed by atoms with van der Waals surface area (Å²) in [5.41, 5.74) is -0.596. The Kier molecular flexibility index (Phi) is 4.71. The number of Topliss-reactive ketones (excluding diaryl/α,β-unsaturated/α-hetero) is 1. The van der Waals surface area contributed by atoms with E-state index in [1.165, 1.54) is 0 Å². The summed E-state index contributed by atoms with van der Waals surface area (Å²) >= 11 is 0. The number of rotatable bonds is 3. The van der Waals surface area contributed by atoms with E-state index in [2.05, 4.69) is 0 Å². The molecule has 0 heterocycles. The van der Waals surface area contributed by atoms with Crippen LogP contribution in [0, 0.1) is 10.8 Å². The number of carbonyl (C=O) groups excluding carboxylic acids is 2. The fourth-order valence-electron chi connectivity index (χ4n) is 2.67. The van der Waals surface area contributed by atoms with Crippen molar-refractivity contribution in [1.29, 1.82) is 0 Å². The van der Waals surface area contributed by atoms with Gasteiger partial charge in [0.2, 0.25) is 0 Å². The highest BCUT2D eigenvalue weighted by atomic mass is 16.5. The zero-order valence-electron chi connectivity index (χ0n) is 11.9. The standard InChI is InChI=1S/C15H24O3/c1-14(2,3)13(17)15(4)9-5-7-12(18-11-16)8-6-10-15/h5,7,11-12H,6,8-10H2,1-4H3/b7-5+. The van der Waals surface area contributed by atoms with Gasteiger partial charge < -0.3 is 4.74 Å². The van der Waals surface area contributed by atoms with Gasteiger partial charge in [-0.2, -0.15) is 0 Å². The molecule has 0 aliphatic heterocycles. The number of ether oxygens (including phenoxy) is 1. The van der Waals surface area contributed by atoms with Crippen molar-refractivity contribution >= 4 is 12.3 Å². The molecule has 3 nitrogen and oxygen atoms in total. The molecule has 0 radical (unpaired) electrons. The Morgan fingerprint density at radius 1 is 1.44 bits per heavy atom. The smallest absolute Gasteiger partial charge is 0.293 e. The molecule has 102 valence electrons. The molecule has 1 aliphatic carbocycles. The predicted octanol–water partition coefficient (Wildman–Crippen LogP) is 3.28. The number of carbonyl (C=O) groups is 2. The van der Waals surface area contributed by atoms with Crippen LogP contribution < -0.4 is 0 Å². The molecule has 0 aromatic rings. The average Bonchev–Trinajstić information content (AvgIpc) is 2.24. The minimum atomic E-state index is -0.305. The van der Waals surface area contributed by atoms with Crippen molar-refractivity contribution in [3.05, 3.63) is 12.2 Å². The Hall–Kier alpha value is -1.12. The Morgan fingerprint density at radius 3 is 2.67 bits per heavy atom. The van der Waals surface area contributed by atoms with Crippen LogP contribution in [-0.4, -0.2) is 18.4 Å². The fourth-order valence-corrected chi connectivity index (χ4v) is 2.67. The molecule has 2 atom stereocenters. The predicted molar refractivity (Wildman–Crippen MR) is 71.1 cm³/mol. The Bertz CT molecular complexity index is 338. The summed E-state index contributed by atoms with van der Waals surface area (Å²) in [5.74, 6) is 0.314. The normalized spacial score (nSPS) is 31.0. The summed E-state index contributed by atoms with van der Waals surface area (Å²) in [7, 11) is 0. The molecule has 2 unspecified atom stereocenters. The van der Waals surface area contributed by atoms with Gasteiger partial charge in [0.1, 0.15) is 11.9 Å². The van der Waals surface area contributed by atoms with E-state index in [1.807, 2.05) is 39.8 Å². The van der Waals surface area contributed by atoms with Crippen molar-refractivity contribution in [2.75, 3.05) is 0 Å². The van der Waals surface area contributed by atoms with E-state index in [0.717, 1.165) is 25.7 Å². The summed E-state index contributed by atoms with van der Waals surface area (Å²) in [6.07, 6.45) is 7.03. The molecular formula is C15H24O3. The van der Waals surface area contributed by atoms with Crippen LogP contribution in [0.25, 0.3) is 0 Å². The van der Waals surface area contributed by atoms with Crippen LogP contribution in [0.3, 0.4) is 0 Å². The molecule has 0 aromatic carbocycles. The topological polar surface area (TPSA) is 43.4 Å². The van der Waals surface area contributed by atoms with Gasteiger partial charge >= 0.3 is 0 Å². The Morgan fingerprint density at radius 2 is 2.11 bits per heavy atom. The van der Waals surface area contributed by atoms with Crippen molar-refractivity contribution < 1.29 is 14.3 Å². The largest absolute Gasteiger partial charge is 0.460 e. The number of hydrogen-bond donors (Lipinski definition) is 0. The van der Waals surface area contributed by atoms with E-state index >= 15 is 0 Å². The molecule has 3 heteroatoms. The SMILES string of the molecule is CC(C)(C)C(=O)C1(C)C/C=C/C(OC=O)CCC1. The molecule has 0 bridgehead atoms. The molecule has 0 saturated carbocycles. The van der Waals surface area contributed by atoms with Crippen molar-refractivity contribution in [1.82, 2.24) is 0 Å². The van der Waals surface area contributed by atoms with Crippen LogP contribution in [0.15, 0.2) is 12.2 Å².